The molecule has 0 saturated carbocycles. The summed E-state index contributed by atoms with van der Waals surface area (Å²) >= 11 is 7.88. The van der Waals surface area contributed by atoms with Crippen LogP contribution in [0.2, 0.25) is 5.02 Å². The topological polar surface area (TPSA) is 57.0 Å². The molecule has 0 unspecified atom stereocenters. The molecule has 39 heavy (non-hydrogen) atoms. The van der Waals surface area contributed by atoms with Crippen LogP contribution in [0.25, 0.3) is 43.0 Å². The molecule has 0 fully saturated rings. The van der Waals surface area contributed by atoms with E-state index in [1.165, 1.54) is 0 Å². The Kier molecular flexibility index (Phi) is 7.23. The maximum absolute atomic E-state index is 13.0. The van der Waals surface area contributed by atoms with E-state index >= 15 is 0 Å². The van der Waals surface area contributed by atoms with Gasteiger partial charge in [-0.15, -0.1) is 11.3 Å². The molecule has 5 nitrogen and oxygen atoms in total. The maximum atomic E-state index is 13.0. The molecule has 0 aliphatic carbocycles. The number of hydrogen-bond acceptors (Lipinski definition) is 5. The van der Waals surface area contributed by atoms with Crippen molar-refractivity contribution in [2.45, 2.75) is 53.2 Å². The van der Waals surface area contributed by atoms with Gasteiger partial charge in [0.1, 0.15) is 11.1 Å². The Morgan fingerprint density at radius 3 is 2.33 bits per heavy atom. The van der Waals surface area contributed by atoms with Crippen molar-refractivity contribution in [2.75, 3.05) is 0 Å². The SMILES string of the molecule is CC(=O)[C@@H](OC(C)(C)C)c1c(C)cc2nc(-c3cccc(-c4cn(C)nc4C)c3)sc2c1-c1ccc(Cl)cc1. The van der Waals surface area contributed by atoms with Gasteiger partial charge in [-0.2, -0.15) is 5.10 Å². The average molecular weight is 558 g/mol. The first-order chi connectivity index (χ1) is 18.4. The Morgan fingerprint density at radius 2 is 1.72 bits per heavy atom. The molecule has 0 aliphatic rings. The van der Waals surface area contributed by atoms with Crippen LogP contribution in [0.15, 0.2) is 60.8 Å². The van der Waals surface area contributed by atoms with Crippen LogP contribution in [0.4, 0.5) is 0 Å². The number of hydrogen-bond donors (Lipinski definition) is 0. The van der Waals surface area contributed by atoms with Gasteiger partial charge < -0.3 is 4.74 Å². The summed E-state index contributed by atoms with van der Waals surface area (Å²) in [6.07, 6.45) is 1.33. The third-order valence-electron chi connectivity index (χ3n) is 6.60. The van der Waals surface area contributed by atoms with Gasteiger partial charge in [-0.05, 0) is 82.5 Å². The third-order valence-corrected chi connectivity index (χ3v) is 7.99. The van der Waals surface area contributed by atoms with E-state index in [1.807, 2.05) is 76.8 Å². The highest BCUT2D eigenvalue weighted by molar-refractivity contribution is 7.22. The van der Waals surface area contributed by atoms with E-state index < -0.39 is 11.7 Å². The van der Waals surface area contributed by atoms with Gasteiger partial charge in [0.2, 0.25) is 0 Å². The van der Waals surface area contributed by atoms with Crippen LogP contribution in [0, 0.1) is 13.8 Å². The lowest BCUT2D eigenvalue weighted by atomic mass is 9.90. The summed E-state index contributed by atoms with van der Waals surface area (Å²) in [6.45, 7) is 11.6. The highest BCUT2D eigenvalue weighted by Crippen LogP contribution is 2.44. The number of carbonyl (C=O) groups is 1. The summed E-state index contributed by atoms with van der Waals surface area (Å²) < 4.78 is 9.22. The van der Waals surface area contributed by atoms with E-state index in [-0.39, 0.29) is 5.78 Å². The van der Waals surface area contributed by atoms with Crippen molar-refractivity contribution in [1.29, 1.82) is 0 Å². The second kappa shape index (κ2) is 10.3. The summed E-state index contributed by atoms with van der Waals surface area (Å²) in [6, 6.07) is 18.2. The molecule has 2 aromatic heterocycles. The minimum atomic E-state index is -0.706. The number of benzene rings is 3. The van der Waals surface area contributed by atoms with Gasteiger partial charge in [0.05, 0.1) is 21.5 Å². The summed E-state index contributed by atoms with van der Waals surface area (Å²) in [4.78, 5) is 18.1. The van der Waals surface area contributed by atoms with Crippen LogP contribution >= 0.6 is 22.9 Å². The van der Waals surface area contributed by atoms with Crippen molar-refractivity contribution < 1.29 is 9.53 Å². The summed E-state index contributed by atoms with van der Waals surface area (Å²) in [7, 11) is 1.93. The Hall–Kier alpha value is -3.32. The van der Waals surface area contributed by atoms with E-state index in [1.54, 1.807) is 18.3 Å². The highest BCUT2D eigenvalue weighted by Gasteiger charge is 2.30. The van der Waals surface area contributed by atoms with Gasteiger partial charge in [-0.3, -0.25) is 9.48 Å². The van der Waals surface area contributed by atoms with Gasteiger partial charge in [0.15, 0.2) is 5.78 Å². The fourth-order valence-electron chi connectivity index (χ4n) is 4.98. The summed E-state index contributed by atoms with van der Waals surface area (Å²) in [5.74, 6) is -0.0353. The van der Waals surface area contributed by atoms with Gasteiger partial charge in [0.25, 0.3) is 0 Å². The van der Waals surface area contributed by atoms with Crippen molar-refractivity contribution in [3.8, 4) is 32.8 Å². The number of ether oxygens (including phenoxy) is 1. The van der Waals surface area contributed by atoms with Crippen LogP contribution in [-0.2, 0) is 16.6 Å². The number of aromatic nitrogens is 3. The molecule has 5 rings (SSSR count). The zero-order valence-electron chi connectivity index (χ0n) is 23.3. The lowest BCUT2D eigenvalue weighted by Crippen LogP contribution is -2.27. The van der Waals surface area contributed by atoms with E-state index in [2.05, 4.69) is 35.4 Å². The van der Waals surface area contributed by atoms with Crippen molar-refractivity contribution in [2.24, 2.45) is 7.05 Å². The highest BCUT2D eigenvalue weighted by atomic mass is 35.5. The molecule has 200 valence electrons. The molecule has 2 heterocycles. The quantitative estimate of drug-likeness (QED) is 0.209. The second-order valence-corrected chi connectivity index (χ2v) is 12.4. The number of carbonyl (C=O) groups excluding carboxylic acids is 1. The van der Waals surface area contributed by atoms with E-state index in [0.29, 0.717) is 5.02 Å². The Labute approximate surface area is 238 Å². The standard InChI is InChI=1S/C32H32ClN3O2S/c1-18-15-26-30(39-31(34-26)23-10-8-9-22(16-23)25-17-36(7)35-19(25)2)28(21-11-13-24(33)14-12-21)27(18)29(20(3)37)38-32(4,5)6/h8-17,29H,1-7H3/t29-/m1/s1. The molecule has 1 atom stereocenters. The lowest BCUT2D eigenvalue weighted by molar-refractivity contribution is -0.138. The van der Waals surface area contributed by atoms with Crippen molar-refractivity contribution >= 4 is 38.9 Å². The normalized spacial score (nSPS) is 12.7. The zero-order valence-corrected chi connectivity index (χ0v) is 24.9. The number of nitrogens with zero attached hydrogens (tertiary/aromatic N) is 3. The average Bonchev–Trinajstić information content (AvgIpc) is 3.44. The minimum absolute atomic E-state index is 0.0353. The zero-order chi connectivity index (χ0) is 28.1. The fraction of sp³-hybridized carbons (Fsp3) is 0.281. The van der Waals surface area contributed by atoms with Gasteiger partial charge in [-0.1, -0.05) is 41.9 Å². The lowest BCUT2D eigenvalue weighted by Gasteiger charge is -2.29. The summed E-state index contributed by atoms with van der Waals surface area (Å²) in [5.41, 5.74) is 8.39. The smallest absolute Gasteiger partial charge is 0.163 e. The largest absolute Gasteiger partial charge is 0.360 e. The molecule has 0 N–H and O–H groups in total. The molecule has 0 radical (unpaired) electrons. The van der Waals surface area contributed by atoms with Crippen LogP contribution in [-0.4, -0.2) is 26.1 Å². The van der Waals surface area contributed by atoms with Crippen molar-refractivity contribution in [3.63, 3.8) is 0 Å². The molecule has 0 amide bonds. The number of Topliss-reactive ketones (excluding diaryl/α,β-unsaturated/α-hetero) is 1. The molecule has 3 aromatic carbocycles. The Bertz CT molecular complexity index is 1690. The van der Waals surface area contributed by atoms with E-state index in [9.17, 15) is 4.79 Å². The molecular formula is C32H32ClN3O2S. The number of fused-ring (bicyclic) bond motifs is 1. The number of thiazole rings is 1. The van der Waals surface area contributed by atoms with Gasteiger partial charge >= 0.3 is 0 Å². The Morgan fingerprint density at radius 1 is 1.03 bits per heavy atom. The molecule has 0 saturated heterocycles. The molecule has 0 aliphatic heterocycles. The third kappa shape index (κ3) is 5.55. The first-order valence-corrected chi connectivity index (χ1v) is 14.1. The number of halogens is 1. The number of ketones is 1. The van der Waals surface area contributed by atoms with Crippen molar-refractivity contribution in [3.05, 3.63) is 82.6 Å². The van der Waals surface area contributed by atoms with Crippen molar-refractivity contribution in [1.82, 2.24) is 14.8 Å². The van der Waals surface area contributed by atoms with Gasteiger partial charge in [0, 0.05) is 40.5 Å². The maximum Gasteiger partial charge on any atom is 0.163 e. The molecule has 7 heteroatoms. The van der Waals surface area contributed by atoms with Crippen LogP contribution in [0.3, 0.4) is 0 Å². The number of aryl methyl sites for hydroxylation is 3. The number of rotatable bonds is 6. The monoisotopic (exact) mass is 557 g/mol. The van der Waals surface area contributed by atoms with Crippen LogP contribution in [0.5, 0.6) is 0 Å². The van der Waals surface area contributed by atoms with E-state index in [0.717, 1.165) is 59.9 Å². The van der Waals surface area contributed by atoms with Crippen LogP contribution in [0.1, 0.15) is 50.6 Å². The van der Waals surface area contributed by atoms with Crippen LogP contribution < -0.4 is 0 Å². The molecule has 0 bridgehead atoms. The molecule has 0 spiro atoms. The first kappa shape index (κ1) is 27.3. The van der Waals surface area contributed by atoms with E-state index in [4.69, 9.17) is 21.3 Å². The first-order valence-electron chi connectivity index (χ1n) is 12.9. The molecule has 5 aromatic rings. The summed E-state index contributed by atoms with van der Waals surface area (Å²) in [5, 5.41) is 6.08. The molecular weight excluding hydrogens is 526 g/mol. The predicted octanol–water partition coefficient (Wildman–Crippen LogP) is 8.75. The fourth-order valence-corrected chi connectivity index (χ4v) is 6.22. The van der Waals surface area contributed by atoms with Gasteiger partial charge in [-0.25, -0.2) is 4.98 Å². The second-order valence-electron chi connectivity index (χ2n) is 11.0. The minimum Gasteiger partial charge on any atom is -0.360 e. The predicted molar refractivity (Wildman–Crippen MR) is 161 cm³/mol. The Balaban J connectivity index is 1.74.